The molecule has 34 heavy (non-hydrogen) atoms. The lowest BCUT2D eigenvalue weighted by Gasteiger charge is -2.39. The number of ether oxygens (including phenoxy) is 1. The van der Waals surface area contributed by atoms with Gasteiger partial charge >= 0.3 is 6.09 Å². The summed E-state index contributed by atoms with van der Waals surface area (Å²) in [4.78, 5) is 42.0. The average molecular weight is 462 g/mol. The maximum absolute atomic E-state index is 13.3. The molecule has 1 atom stereocenters. The number of amides is 3. The molecule has 0 spiro atoms. The van der Waals surface area contributed by atoms with Gasteiger partial charge in [0.2, 0.25) is 5.91 Å². The molecule has 0 saturated carbocycles. The van der Waals surface area contributed by atoms with Gasteiger partial charge in [0.1, 0.15) is 11.8 Å². The summed E-state index contributed by atoms with van der Waals surface area (Å²) >= 11 is 0. The minimum atomic E-state index is -0.883. The Bertz CT molecular complexity index is 1160. The molecule has 1 N–H and O–H groups in total. The lowest BCUT2D eigenvalue weighted by Crippen LogP contribution is -2.60. The number of hydrogen-bond donors (Lipinski definition) is 1. The highest BCUT2D eigenvalue weighted by atomic mass is 16.6. The summed E-state index contributed by atoms with van der Waals surface area (Å²) in [7, 11) is 0. The van der Waals surface area contributed by atoms with Crippen LogP contribution >= 0.6 is 0 Å². The van der Waals surface area contributed by atoms with Crippen molar-refractivity contribution in [3.8, 4) is 11.3 Å². The standard InChI is InChI=1S/C26H27N3O5/c1-3-33-26(32)29-14-13-28(17-22(29)24(30)27-21-11-9-18(2)10-12-21)25(31)20-7-4-6-19(16-20)23-8-5-15-34-23/h4-12,15-16,22H,3,13-14,17H2,1-2H3,(H,27,30). The van der Waals surface area contributed by atoms with Crippen LogP contribution in [0.2, 0.25) is 0 Å². The number of nitrogens with zero attached hydrogens (tertiary/aromatic N) is 2. The molecule has 0 radical (unpaired) electrons. The van der Waals surface area contributed by atoms with Crippen molar-refractivity contribution in [2.45, 2.75) is 19.9 Å². The normalized spacial score (nSPS) is 15.6. The van der Waals surface area contributed by atoms with Gasteiger partial charge in [0, 0.05) is 29.9 Å². The lowest BCUT2D eigenvalue weighted by atomic mass is 10.1. The molecule has 0 aliphatic carbocycles. The maximum atomic E-state index is 13.3. The van der Waals surface area contributed by atoms with Gasteiger partial charge in [0.25, 0.3) is 5.91 Å². The van der Waals surface area contributed by atoms with Crippen molar-refractivity contribution in [3.63, 3.8) is 0 Å². The smallest absolute Gasteiger partial charge is 0.410 e. The molecular weight excluding hydrogens is 434 g/mol. The fourth-order valence-corrected chi connectivity index (χ4v) is 3.91. The van der Waals surface area contributed by atoms with Crippen LogP contribution in [0.25, 0.3) is 11.3 Å². The van der Waals surface area contributed by atoms with Crippen LogP contribution in [0.3, 0.4) is 0 Å². The van der Waals surface area contributed by atoms with Gasteiger partial charge in [-0.05, 0) is 50.2 Å². The van der Waals surface area contributed by atoms with Crippen molar-refractivity contribution in [3.05, 3.63) is 78.1 Å². The first kappa shape index (κ1) is 23.1. The van der Waals surface area contributed by atoms with Gasteiger partial charge in [-0.15, -0.1) is 0 Å². The van der Waals surface area contributed by atoms with Gasteiger partial charge in [0.05, 0.1) is 19.4 Å². The van der Waals surface area contributed by atoms with Gasteiger partial charge in [-0.3, -0.25) is 14.5 Å². The number of aryl methyl sites for hydroxylation is 1. The van der Waals surface area contributed by atoms with E-state index in [-0.39, 0.29) is 38.1 Å². The molecule has 1 saturated heterocycles. The molecule has 3 aromatic rings. The van der Waals surface area contributed by atoms with E-state index < -0.39 is 12.1 Å². The number of benzene rings is 2. The number of rotatable bonds is 5. The van der Waals surface area contributed by atoms with Crippen LogP contribution in [0.5, 0.6) is 0 Å². The van der Waals surface area contributed by atoms with Crippen molar-refractivity contribution < 1.29 is 23.5 Å². The Balaban J connectivity index is 1.54. The Morgan fingerprint density at radius 3 is 2.56 bits per heavy atom. The number of carbonyl (C=O) groups excluding carboxylic acids is 3. The van der Waals surface area contributed by atoms with Crippen LogP contribution in [0.1, 0.15) is 22.8 Å². The van der Waals surface area contributed by atoms with E-state index in [9.17, 15) is 14.4 Å². The van der Waals surface area contributed by atoms with E-state index in [1.807, 2.05) is 31.2 Å². The van der Waals surface area contributed by atoms with Crippen molar-refractivity contribution in [1.82, 2.24) is 9.80 Å². The molecule has 176 valence electrons. The highest BCUT2D eigenvalue weighted by Crippen LogP contribution is 2.23. The summed E-state index contributed by atoms with van der Waals surface area (Å²) in [6, 6.07) is 17.3. The SMILES string of the molecule is CCOC(=O)N1CCN(C(=O)c2cccc(-c3ccco3)c2)CC1C(=O)Nc1ccc(C)cc1. The summed E-state index contributed by atoms with van der Waals surface area (Å²) in [5.41, 5.74) is 2.96. The van der Waals surface area contributed by atoms with Crippen LogP contribution in [-0.4, -0.2) is 60.0 Å². The molecule has 0 bridgehead atoms. The first-order valence-corrected chi connectivity index (χ1v) is 11.2. The second-order valence-electron chi connectivity index (χ2n) is 8.07. The van der Waals surface area contributed by atoms with E-state index >= 15 is 0 Å². The third-order valence-corrected chi connectivity index (χ3v) is 5.71. The molecule has 8 nitrogen and oxygen atoms in total. The third-order valence-electron chi connectivity index (χ3n) is 5.71. The second kappa shape index (κ2) is 10.2. The topological polar surface area (TPSA) is 92.1 Å². The monoisotopic (exact) mass is 461 g/mol. The van der Waals surface area contributed by atoms with Gasteiger partial charge in [0.15, 0.2) is 0 Å². The van der Waals surface area contributed by atoms with Crippen molar-refractivity contribution in [2.24, 2.45) is 0 Å². The Hall–Kier alpha value is -4.07. The van der Waals surface area contributed by atoms with Crippen LogP contribution in [0, 0.1) is 6.92 Å². The van der Waals surface area contributed by atoms with Crippen LogP contribution in [0.4, 0.5) is 10.5 Å². The van der Waals surface area contributed by atoms with E-state index in [0.29, 0.717) is 17.0 Å². The van der Waals surface area contributed by atoms with Crippen molar-refractivity contribution >= 4 is 23.6 Å². The fraction of sp³-hybridized carbons (Fsp3) is 0.269. The predicted molar refractivity (Wildman–Crippen MR) is 127 cm³/mol. The number of piperazine rings is 1. The summed E-state index contributed by atoms with van der Waals surface area (Å²) in [6.07, 6.45) is 1.01. The molecule has 2 heterocycles. The fourth-order valence-electron chi connectivity index (χ4n) is 3.91. The quantitative estimate of drug-likeness (QED) is 0.616. The van der Waals surface area contributed by atoms with Gasteiger partial charge in [-0.1, -0.05) is 29.8 Å². The molecule has 1 aromatic heterocycles. The minimum Gasteiger partial charge on any atom is -0.464 e. The highest BCUT2D eigenvalue weighted by Gasteiger charge is 2.38. The van der Waals surface area contributed by atoms with Gasteiger partial charge in [-0.25, -0.2) is 4.79 Å². The maximum Gasteiger partial charge on any atom is 0.410 e. The number of anilines is 1. The minimum absolute atomic E-state index is 0.0559. The Morgan fingerprint density at radius 1 is 1.06 bits per heavy atom. The number of furan rings is 1. The highest BCUT2D eigenvalue weighted by molar-refractivity contribution is 5.99. The summed E-state index contributed by atoms with van der Waals surface area (Å²) in [6.45, 7) is 4.40. The first-order chi connectivity index (χ1) is 16.5. The van der Waals surface area contributed by atoms with Crippen LogP contribution < -0.4 is 5.32 Å². The van der Waals surface area contributed by atoms with Crippen molar-refractivity contribution in [1.29, 1.82) is 0 Å². The Kier molecular flexibility index (Phi) is 6.96. The van der Waals surface area contributed by atoms with E-state index in [2.05, 4.69) is 5.32 Å². The third kappa shape index (κ3) is 5.11. The Morgan fingerprint density at radius 2 is 1.85 bits per heavy atom. The van der Waals surface area contributed by atoms with E-state index in [1.165, 1.54) is 4.90 Å². The molecular formula is C26H27N3O5. The van der Waals surface area contributed by atoms with Crippen LogP contribution in [0.15, 0.2) is 71.3 Å². The molecule has 3 amide bonds. The molecule has 4 rings (SSSR count). The zero-order chi connectivity index (χ0) is 24.1. The van der Waals surface area contributed by atoms with Crippen molar-refractivity contribution in [2.75, 3.05) is 31.6 Å². The van der Waals surface area contributed by atoms with Crippen LogP contribution in [-0.2, 0) is 9.53 Å². The van der Waals surface area contributed by atoms with Gasteiger partial charge < -0.3 is 19.4 Å². The average Bonchev–Trinajstić information content (AvgIpc) is 3.40. The Labute approximate surface area is 198 Å². The zero-order valence-electron chi connectivity index (χ0n) is 19.2. The lowest BCUT2D eigenvalue weighted by molar-refractivity contribution is -0.122. The van der Waals surface area contributed by atoms with E-state index in [4.69, 9.17) is 9.15 Å². The molecule has 2 aromatic carbocycles. The predicted octanol–water partition coefficient (Wildman–Crippen LogP) is 4.18. The molecule has 1 unspecified atom stereocenters. The number of hydrogen-bond acceptors (Lipinski definition) is 5. The molecule has 1 fully saturated rings. The second-order valence-corrected chi connectivity index (χ2v) is 8.07. The summed E-state index contributed by atoms with van der Waals surface area (Å²) in [5, 5.41) is 2.85. The van der Waals surface area contributed by atoms with Gasteiger partial charge in [-0.2, -0.15) is 0 Å². The number of nitrogens with one attached hydrogen (secondary N) is 1. The van der Waals surface area contributed by atoms with E-state index in [0.717, 1.165) is 11.1 Å². The zero-order valence-corrected chi connectivity index (χ0v) is 19.2. The van der Waals surface area contributed by atoms with E-state index in [1.54, 1.807) is 54.5 Å². The first-order valence-electron chi connectivity index (χ1n) is 11.2. The molecule has 1 aliphatic heterocycles. The molecule has 1 aliphatic rings. The summed E-state index contributed by atoms with van der Waals surface area (Å²) < 4.78 is 10.6. The number of carbonyl (C=O) groups is 3. The molecule has 8 heteroatoms. The summed E-state index contributed by atoms with van der Waals surface area (Å²) in [5.74, 6) is 0.0703. The largest absolute Gasteiger partial charge is 0.464 e.